The number of piperidine rings is 3. The first kappa shape index (κ1) is 14.2. The molecule has 0 saturated carbocycles. The molecule has 0 aromatic heterocycles. The standard InChI is InChI=1S/C18H24N2O2/c1-12-3-2-4-15-14(12)5-8-18(15,19)17(21)22-16-11-20-9-6-13(16)7-10-20/h2-4,13,16H,5-11,19H2,1H3/t16-,18?/m0/s1. The first-order valence-corrected chi connectivity index (χ1v) is 8.39. The fraction of sp³-hybridized carbons (Fsp3) is 0.611. The second-order valence-corrected chi connectivity index (χ2v) is 7.15. The molecule has 2 atom stereocenters. The molecular formula is C18H24N2O2. The van der Waals surface area contributed by atoms with E-state index in [1.807, 2.05) is 12.1 Å². The fourth-order valence-corrected chi connectivity index (χ4v) is 4.41. The number of hydrogen-bond donors (Lipinski definition) is 1. The zero-order valence-corrected chi connectivity index (χ0v) is 13.2. The summed E-state index contributed by atoms with van der Waals surface area (Å²) in [6, 6.07) is 6.07. The Kier molecular flexibility index (Phi) is 3.27. The Balaban J connectivity index is 1.55. The third kappa shape index (κ3) is 2.09. The normalized spacial score (nSPS) is 36.2. The summed E-state index contributed by atoms with van der Waals surface area (Å²) in [6.07, 6.45) is 3.85. The highest BCUT2D eigenvalue weighted by Crippen LogP contribution is 2.39. The molecule has 3 heterocycles. The topological polar surface area (TPSA) is 55.6 Å². The van der Waals surface area contributed by atoms with Gasteiger partial charge in [-0.25, -0.2) is 4.79 Å². The van der Waals surface area contributed by atoms with Gasteiger partial charge in [-0.1, -0.05) is 18.2 Å². The third-order valence-electron chi connectivity index (χ3n) is 5.88. The molecule has 0 radical (unpaired) electrons. The molecule has 3 aliphatic heterocycles. The summed E-state index contributed by atoms with van der Waals surface area (Å²) in [5.74, 6) is 0.298. The highest BCUT2D eigenvalue weighted by atomic mass is 16.5. The zero-order chi connectivity index (χ0) is 15.3. The van der Waals surface area contributed by atoms with E-state index >= 15 is 0 Å². The number of aryl methyl sites for hydroxylation is 1. The zero-order valence-electron chi connectivity index (χ0n) is 13.2. The van der Waals surface area contributed by atoms with Crippen LogP contribution in [0.5, 0.6) is 0 Å². The van der Waals surface area contributed by atoms with Crippen LogP contribution in [0.4, 0.5) is 0 Å². The summed E-state index contributed by atoms with van der Waals surface area (Å²) in [4.78, 5) is 15.2. The molecule has 1 aromatic carbocycles. The Labute approximate surface area is 131 Å². The van der Waals surface area contributed by atoms with Crippen LogP contribution in [0.2, 0.25) is 0 Å². The molecule has 1 aromatic rings. The number of esters is 1. The van der Waals surface area contributed by atoms with Crippen molar-refractivity contribution in [2.75, 3.05) is 19.6 Å². The van der Waals surface area contributed by atoms with Gasteiger partial charge in [-0.3, -0.25) is 4.90 Å². The van der Waals surface area contributed by atoms with Gasteiger partial charge in [0.25, 0.3) is 0 Å². The number of benzene rings is 1. The molecule has 0 amide bonds. The molecule has 0 spiro atoms. The van der Waals surface area contributed by atoms with E-state index in [0.717, 1.165) is 44.5 Å². The van der Waals surface area contributed by atoms with Gasteiger partial charge in [0.2, 0.25) is 0 Å². The van der Waals surface area contributed by atoms with E-state index in [2.05, 4.69) is 17.9 Å². The SMILES string of the molecule is Cc1cccc2c1CCC2(N)C(=O)O[C@H]1CN2CCC1CC2. The van der Waals surface area contributed by atoms with E-state index in [9.17, 15) is 4.79 Å². The van der Waals surface area contributed by atoms with E-state index in [4.69, 9.17) is 10.5 Å². The Morgan fingerprint density at radius 3 is 2.82 bits per heavy atom. The Hall–Kier alpha value is -1.39. The smallest absolute Gasteiger partial charge is 0.331 e. The lowest BCUT2D eigenvalue weighted by Crippen LogP contribution is -2.54. The van der Waals surface area contributed by atoms with Crippen LogP contribution in [-0.4, -0.2) is 36.6 Å². The van der Waals surface area contributed by atoms with Crippen LogP contribution < -0.4 is 5.73 Å². The van der Waals surface area contributed by atoms with E-state index in [-0.39, 0.29) is 12.1 Å². The molecule has 3 fully saturated rings. The Morgan fingerprint density at radius 1 is 1.36 bits per heavy atom. The minimum Gasteiger partial charge on any atom is -0.459 e. The summed E-state index contributed by atoms with van der Waals surface area (Å²) < 4.78 is 5.90. The molecule has 5 rings (SSSR count). The van der Waals surface area contributed by atoms with Crippen LogP contribution in [0.15, 0.2) is 18.2 Å². The summed E-state index contributed by atoms with van der Waals surface area (Å²) in [7, 11) is 0. The van der Waals surface area contributed by atoms with Gasteiger partial charge in [-0.05, 0) is 68.3 Å². The molecule has 22 heavy (non-hydrogen) atoms. The second kappa shape index (κ2) is 5.07. The third-order valence-corrected chi connectivity index (χ3v) is 5.88. The van der Waals surface area contributed by atoms with Gasteiger partial charge in [0, 0.05) is 6.54 Å². The van der Waals surface area contributed by atoms with E-state index in [1.165, 1.54) is 11.1 Å². The highest BCUT2D eigenvalue weighted by Gasteiger charge is 2.46. The maximum absolute atomic E-state index is 12.8. The molecule has 118 valence electrons. The minimum absolute atomic E-state index is 0.0317. The van der Waals surface area contributed by atoms with E-state index in [1.54, 1.807) is 0 Å². The average Bonchev–Trinajstić information content (AvgIpc) is 2.89. The van der Waals surface area contributed by atoms with Gasteiger partial charge < -0.3 is 10.5 Å². The van der Waals surface area contributed by atoms with Crippen molar-refractivity contribution in [1.29, 1.82) is 0 Å². The van der Waals surface area contributed by atoms with Crippen molar-refractivity contribution in [1.82, 2.24) is 4.90 Å². The molecule has 4 heteroatoms. The monoisotopic (exact) mass is 300 g/mol. The number of ether oxygens (including phenoxy) is 1. The minimum atomic E-state index is -0.951. The first-order chi connectivity index (χ1) is 10.6. The molecule has 2 N–H and O–H groups in total. The second-order valence-electron chi connectivity index (χ2n) is 7.15. The van der Waals surface area contributed by atoms with Gasteiger partial charge >= 0.3 is 5.97 Å². The summed E-state index contributed by atoms with van der Waals surface area (Å²) in [6.45, 7) is 5.26. The molecule has 4 aliphatic rings. The van der Waals surface area contributed by atoms with Crippen molar-refractivity contribution in [3.63, 3.8) is 0 Å². The summed E-state index contributed by atoms with van der Waals surface area (Å²) >= 11 is 0. The van der Waals surface area contributed by atoms with Crippen LogP contribution in [0.25, 0.3) is 0 Å². The summed E-state index contributed by atoms with van der Waals surface area (Å²) in [5, 5.41) is 0. The van der Waals surface area contributed by atoms with Gasteiger partial charge in [-0.2, -0.15) is 0 Å². The number of carbonyl (C=O) groups is 1. The molecule has 1 aliphatic carbocycles. The molecule has 2 bridgehead atoms. The van der Waals surface area contributed by atoms with Crippen molar-refractivity contribution in [3.05, 3.63) is 34.9 Å². The summed E-state index contributed by atoms with van der Waals surface area (Å²) in [5.41, 5.74) is 8.99. The quantitative estimate of drug-likeness (QED) is 0.845. The van der Waals surface area contributed by atoms with Crippen LogP contribution >= 0.6 is 0 Å². The maximum Gasteiger partial charge on any atom is 0.331 e. The van der Waals surface area contributed by atoms with E-state index < -0.39 is 5.54 Å². The lowest BCUT2D eigenvalue weighted by molar-refractivity contribution is -0.165. The van der Waals surface area contributed by atoms with Gasteiger partial charge in [0.1, 0.15) is 11.6 Å². The number of rotatable bonds is 2. The van der Waals surface area contributed by atoms with Gasteiger partial charge in [-0.15, -0.1) is 0 Å². The molecule has 1 unspecified atom stereocenters. The van der Waals surface area contributed by atoms with E-state index in [0.29, 0.717) is 12.3 Å². The number of nitrogens with two attached hydrogens (primary N) is 1. The fourth-order valence-electron chi connectivity index (χ4n) is 4.41. The number of hydrogen-bond acceptors (Lipinski definition) is 4. The molecule has 4 nitrogen and oxygen atoms in total. The largest absolute Gasteiger partial charge is 0.459 e. The van der Waals surface area contributed by atoms with Crippen molar-refractivity contribution >= 4 is 5.97 Å². The van der Waals surface area contributed by atoms with Crippen molar-refractivity contribution in [3.8, 4) is 0 Å². The predicted octanol–water partition coefficient (Wildman–Crippen LogP) is 1.73. The van der Waals surface area contributed by atoms with Crippen LogP contribution in [0.1, 0.15) is 36.0 Å². The van der Waals surface area contributed by atoms with Gasteiger partial charge in [0.15, 0.2) is 0 Å². The van der Waals surface area contributed by atoms with Crippen LogP contribution in [0.3, 0.4) is 0 Å². The molecule has 3 saturated heterocycles. The maximum atomic E-state index is 12.8. The van der Waals surface area contributed by atoms with Gasteiger partial charge in [0.05, 0.1) is 0 Å². The van der Waals surface area contributed by atoms with Crippen molar-refractivity contribution in [2.45, 2.75) is 44.2 Å². The highest BCUT2D eigenvalue weighted by molar-refractivity contribution is 5.84. The van der Waals surface area contributed by atoms with Crippen LogP contribution in [0, 0.1) is 12.8 Å². The van der Waals surface area contributed by atoms with Crippen molar-refractivity contribution in [2.24, 2.45) is 11.7 Å². The lowest BCUT2D eigenvalue weighted by atomic mass is 9.85. The number of carbonyl (C=O) groups excluding carboxylic acids is 1. The molecular weight excluding hydrogens is 276 g/mol. The average molecular weight is 300 g/mol. The number of nitrogens with zero attached hydrogens (tertiary/aromatic N) is 1. The first-order valence-electron chi connectivity index (χ1n) is 8.39. The predicted molar refractivity (Wildman–Crippen MR) is 84.4 cm³/mol. The Morgan fingerprint density at radius 2 is 2.14 bits per heavy atom. The van der Waals surface area contributed by atoms with Crippen molar-refractivity contribution < 1.29 is 9.53 Å². The Bertz CT molecular complexity index is 607. The number of fused-ring (bicyclic) bond motifs is 4. The lowest BCUT2D eigenvalue weighted by Gasteiger charge is -2.44. The van der Waals surface area contributed by atoms with Crippen LogP contribution in [-0.2, 0) is 21.5 Å².